The number of nitro groups is 1. The Kier molecular flexibility index (Phi) is 4.92. The molecular formula is C14H21N3O3. The van der Waals surface area contributed by atoms with E-state index >= 15 is 0 Å². The van der Waals surface area contributed by atoms with Crippen molar-refractivity contribution in [3.8, 4) is 0 Å². The molecule has 2 rings (SSSR count). The van der Waals surface area contributed by atoms with Crippen LogP contribution in [-0.4, -0.2) is 43.2 Å². The number of nitro benzene ring substituents is 1. The predicted molar refractivity (Wildman–Crippen MR) is 78.0 cm³/mol. The Balaban J connectivity index is 1.99. The van der Waals surface area contributed by atoms with Crippen molar-refractivity contribution < 1.29 is 9.66 Å². The first kappa shape index (κ1) is 14.7. The van der Waals surface area contributed by atoms with Crippen LogP contribution in [0, 0.1) is 10.1 Å². The minimum absolute atomic E-state index is 0.109. The maximum atomic E-state index is 10.9. The van der Waals surface area contributed by atoms with Gasteiger partial charge in [-0.2, -0.15) is 0 Å². The summed E-state index contributed by atoms with van der Waals surface area (Å²) in [6.45, 7) is 2.51. The Morgan fingerprint density at radius 2 is 2.35 bits per heavy atom. The van der Waals surface area contributed by atoms with Gasteiger partial charge < -0.3 is 10.1 Å². The second-order valence-corrected chi connectivity index (χ2v) is 5.19. The topological polar surface area (TPSA) is 67.6 Å². The van der Waals surface area contributed by atoms with Crippen molar-refractivity contribution in [1.82, 2.24) is 4.90 Å². The quantitative estimate of drug-likeness (QED) is 0.639. The second kappa shape index (κ2) is 6.67. The molecule has 1 heterocycles. The van der Waals surface area contributed by atoms with Crippen molar-refractivity contribution in [2.75, 3.05) is 32.6 Å². The van der Waals surface area contributed by atoms with E-state index in [9.17, 15) is 10.1 Å². The molecule has 0 aromatic heterocycles. The zero-order valence-corrected chi connectivity index (χ0v) is 12.0. The number of nitrogens with one attached hydrogen (secondary N) is 1. The van der Waals surface area contributed by atoms with Gasteiger partial charge in [-0.25, -0.2) is 0 Å². The van der Waals surface area contributed by atoms with Crippen molar-refractivity contribution in [2.45, 2.75) is 25.5 Å². The maximum absolute atomic E-state index is 10.9. The lowest BCUT2D eigenvalue weighted by Gasteiger charge is -2.20. The summed E-state index contributed by atoms with van der Waals surface area (Å²) in [6, 6.07) is 5.20. The molecule has 1 aromatic carbocycles. The number of rotatable bonds is 6. The van der Waals surface area contributed by atoms with Crippen LogP contribution in [0.5, 0.6) is 0 Å². The molecule has 0 amide bonds. The molecule has 1 N–H and O–H groups in total. The molecule has 1 aromatic rings. The fraction of sp³-hybridized carbons (Fsp3) is 0.571. The van der Waals surface area contributed by atoms with Gasteiger partial charge in [0, 0.05) is 32.8 Å². The lowest BCUT2D eigenvalue weighted by molar-refractivity contribution is -0.384. The van der Waals surface area contributed by atoms with Gasteiger partial charge in [0.2, 0.25) is 0 Å². The summed E-state index contributed by atoms with van der Waals surface area (Å²) >= 11 is 0. The zero-order valence-electron chi connectivity index (χ0n) is 12.0. The Morgan fingerprint density at radius 3 is 2.95 bits per heavy atom. The monoisotopic (exact) mass is 279 g/mol. The fourth-order valence-corrected chi connectivity index (χ4v) is 2.55. The van der Waals surface area contributed by atoms with Gasteiger partial charge in [0.25, 0.3) is 5.69 Å². The average molecular weight is 279 g/mol. The molecule has 0 bridgehead atoms. The third-order valence-electron chi connectivity index (χ3n) is 3.52. The average Bonchev–Trinajstić information content (AvgIpc) is 2.90. The molecule has 1 aliphatic heterocycles. The molecule has 110 valence electrons. The highest BCUT2D eigenvalue weighted by molar-refractivity contribution is 5.62. The molecule has 0 spiro atoms. The van der Waals surface area contributed by atoms with E-state index in [2.05, 4.69) is 10.2 Å². The Labute approximate surface area is 118 Å². The largest absolute Gasteiger partial charge is 0.383 e. The van der Waals surface area contributed by atoms with Gasteiger partial charge in [0.05, 0.1) is 11.0 Å². The van der Waals surface area contributed by atoms with Gasteiger partial charge in [-0.15, -0.1) is 0 Å². The number of ether oxygens (including phenoxy) is 1. The summed E-state index contributed by atoms with van der Waals surface area (Å²) in [6.07, 6.45) is 2.58. The zero-order chi connectivity index (χ0) is 14.5. The predicted octanol–water partition coefficient (Wildman–Crippen LogP) is 2.25. The minimum atomic E-state index is -0.369. The van der Waals surface area contributed by atoms with Crippen molar-refractivity contribution in [2.24, 2.45) is 0 Å². The highest BCUT2D eigenvalue weighted by Crippen LogP contribution is 2.25. The maximum Gasteiger partial charge on any atom is 0.292 e. The van der Waals surface area contributed by atoms with E-state index in [1.54, 1.807) is 13.1 Å². The number of likely N-dealkylation sites (N-methyl/N-ethyl adjacent to an activating group) is 1. The molecule has 0 saturated carbocycles. The number of benzene rings is 1. The summed E-state index contributed by atoms with van der Waals surface area (Å²) in [5.74, 6) is 0. The van der Waals surface area contributed by atoms with Crippen molar-refractivity contribution >= 4 is 11.4 Å². The van der Waals surface area contributed by atoms with E-state index in [1.165, 1.54) is 0 Å². The van der Waals surface area contributed by atoms with E-state index in [4.69, 9.17) is 4.74 Å². The lowest BCUT2D eigenvalue weighted by atomic mass is 10.1. The number of hydrogen-bond acceptors (Lipinski definition) is 5. The van der Waals surface area contributed by atoms with E-state index in [1.807, 2.05) is 19.2 Å². The second-order valence-electron chi connectivity index (χ2n) is 5.19. The number of anilines is 1. The molecular weight excluding hydrogens is 258 g/mol. The summed E-state index contributed by atoms with van der Waals surface area (Å²) in [5, 5.41) is 13.8. The van der Waals surface area contributed by atoms with Crippen LogP contribution in [0.2, 0.25) is 0 Å². The first-order valence-corrected chi connectivity index (χ1v) is 6.85. The van der Waals surface area contributed by atoms with Crippen LogP contribution < -0.4 is 5.32 Å². The molecule has 1 fully saturated rings. The van der Waals surface area contributed by atoms with E-state index in [0.29, 0.717) is 11.8 Å². The van der Waals surface area contributed by atoms with Crippen molar-refractivity contribution in [3.05, 3.63) is 33.9 Å². The number of hydrogen-bond donors (Lipinski definition) is 1. The third-order valence-corrected chi connectivity index (χ3v) is 3.52. The molecule has 6 nitrogen and oxygen atoms in total. The SMILES string of the molecule is CNc1cc(CN(C)CC2CCCO2)ccc1[N+](=O)[O-]. The summed E-state index contributed by atoms with van der Waals surface area (Å²) in [4.78, 5) is 12.7. The standard InChI is InChI=1S/C14H21N3O3/c1-15-13-8-11(5-6-14(13)17(18)19)9-16(2)10-12-4-3-7-20-12/h5-6,8,12,15H,3-4,7,9-10H2,1-2H3. The molecule has 1 saturated heterocycles. The summed E-state index contributed by atoms with van der Waals surface area (Å²) < 4.78 is 5.61. The first-order valence-electron chi connectivity index (χ1n) is 6.85. The van der Waals surface area contributed by atoms with Crippen molar-refractivity contribution in [1.29, 1.82) is 0 Å². The van der Waals surface area contributed by atoms with Crippen LogP contribution >= 0.6 is 0 Å². The smallest absolute Gasteiger partial charge is 0.292 e. The molecule has 0 radical (unpaired) electrons. The normalized spacial score (nSPS) is 18.4. The Bertz CT molecular complexity index is 473. The minimum Gasteiger partial charge on any atom is -0.383 e. The van der Waals surface area contributed by atoms with Crippen molar-refractivity contribution in [3.63, 3.8) is 0 Å². The Morgan fingerprint density at radius 1 is 1.55 bits per heavy atom. The first-order chi connectivity index (χ1) is 9.60. The molecule has 1 atom stereocenters. The highest BCUT2D eigenvalue weighted by Gasteiger charge is 2.18. The van der Waals surface area contributed by atoms with E-state index < -0.39 is 0 Å². The molecule has 0 aliphatic carbocycles. The van der Waals surface area contributed by atoms with E-state index in [-0.39, 0.29) is 10.6 Å². The lowest BCUT2D eigenvalue weighted by Crippen LogP contribution is -2.28. The highest BCUT2D eigenvalue weighted by atomic mass is 16.6. The van der Waals surface area contributed by atoms with Gasteiger partial charge >= 0.3 is 0 Å². The van der Waals surface area contributed by atoms with Gasteiger partial charge in [-0.3, -0.25) is 15.0 Å². The van der Waals surface area contributed by atoms with Crippen LogP contribution in [0.4, 0.5) is 11.4 Å². The third kappa shape index (κ3) is 3.68. The molecule has 6 heteroatoms. The van der Waals surface area contributed by atoms with Gasteiger partial charge in [0.15, 0.2) is 0 Å². The van der Waals surface area contributed by atoms with Crippen LogP contribution in [0.15, 0.2) is 18.2 Å². The van der Waals surface area contributed by atoms with Crippen LogP contribution in [0.1, 0.15) is 18.4 Å². The molecule has 1 unspecified atom stereocenters. The number of nitrogens with zero attached hydrogens (tertiary/aromatic N) is 2. The fourth-order valence-electron chi connectivity index (χ4n) is 2.55. The van der Waals surface area contributed by atoms with E-state index in [0.717, 1.165) is 38.1 Å². The Hall–Kier alpha value is -1.66. The summed E-state index contributed by atoms with van der Waals surface area (Å²) in [7, 11) is 3.74. The van der Waals surface area contributed by atoms with Crippen LogP contribution in [0.3, 0.4) is 0 Å². The summed E-state index contributed by atoms with van der Waals surface area (Å²) in [5.41, 5.74) is 1.72. The molecule has 20 heavy (non-hydrogen) atoms. The van der Waals surface area contributed by atoms with Gasteiger partial charge in [0.1, 0.15) is 5.69 Å². The van der Waals surface area contributed by atoms with Gasteiger partial charge in [-0.05, 0) is 31.5 Å². The van der Waals surface area contributed by atoms with Crippen LogP contribution in [0.25, 0.3) is 0 Å². The van der Waals surface area contributed by atoms with Gasteiger partial charge in [-0.1, -0.05) is 6.07 Å². The molecule has 1 aliphatic rings. The van der Waals surface area contributed by atoms with Crippen LogP contribution in [-0.2, 0) is 11.3 Å².